The van der Waals surface area contributed by atoms with Crippen LogP contribution in [0.4, 0.5) is 0 Å². The maximum absolute atomic E-state index is 12.3. The summed E-state index contributed by atoms with van der Waals surface area (Å²) in [6, 6.07) is 15.8. The van der Waals surface area contributed by atoms with Gasteiger partial charge in [-0.15, -0.1) is 0 Å². The summed E-state index contributed by atoms with van der Waals surface area (Å²) < 4.78 is 5.75. The van der Waals surface area contributed by atoms with E-state index in [0.29, 0.717) is 0 Å². The van der Waals surface area contributed by atoms with E-state index in [2.05, 4.69) is 5.32 Å². The van der Waals surface area contributed by atoms with Gasteiger partial charge in [-0.3, -0.25) is 4.79 Å². The van der Waals surface area contributed by atoms with Crippen molar-refractivity contribution in [3.63, 3.8) is 0 Å². The summed E-state index contributed by atoms with van der Waals surface area (Å²) in [6.07, 6.45) is -0.533. The highest BCUT2D eigenvalue weighted by Gasteiger charge is 2.18. The van der Waals surface area contributed by atoms with Gasteiger partial charge in [-0.05, 0) is 44.9 Å². The van der Waals surface area contributed by atoms with Crippen LogP contribution < -0.4 is 10.1 Å². The second-order valence-corrected chi connectivity index (χ2v) is 5.67. The third-order valence-electron chi connectivity index (χ3n) is 3.70. The second-order valence-electron chi connectivity index (χ2n) is 5.67. The Morgan fingerprint density at radius 3 is 2.27 bits per heavy atom. The van der Waals surface area contributed by atoms with Crippen molar-refractivity contribution in [1.29, 1.82) is 0 Å². The zero-order chi connectivity index (χ0) is 16.1. The third kappa shape index (κ3) is 4.10. The lowest BCUT2D eigenvalue weighted by Gasteiger charge is -2.20. The van der Waals surface area contributed by atoms with E-state index < -0.39 is 6.10 Å². The van der Waals surface area contributed by atoms with E-state index in [0.717, 1.165) is 16.9 Å². The Morgan fingerprint density at radius 1 is 1.00 bits per heavy atom. The molecule has 1 N–H and O–H groups in total. The summed E-state index contributed by atoms with van der Waals surface area (Å²) >= 11 is 0. The molecule has 0 unspecified atom stereocenters. The molecule has 22 heavy (non-hydrogen) atoms. The molecule has 2 rings (SSSR count). The summed E-state index contributed by atoms with van der Waals surface area (Å²) in [4.78, 5) is 12.3. The van der Waals surface area contributed by atoms with Gasteiger partial charge in [0.05, 0.1) is 6.04 Å². The van der Waals surface area contributed by atoms with Crippen LogP contribution in [0.3, 0.4) is 0 Å². The van der Waals surface area contributed by atoms with Gasteiger partial charge in [0.25, 0.3) is 5.91 Å². The molecule has 1 amide bonds. The topological polar surface area (TPSA) is 38.3 Å². The maximum Gasteiger partial charge on any atom is 0.261 e. The van der Waals surface area contributed by atoms with Crippen molar-refractivity contribution >= 4 is 5.91 Å². The van der Waals surface area contributed by atoms with Crippen LogP contribution in [0, 0.1) is 13.8 Å². The van der Waals surface area contributed by atoms with E-state index in [1.807, 2.05) is 69.3 Å². The van der Waals surface area contributed by atoms with E-state index in [9.17, 15) is 4.79 Å². The number of ether oxygens (including phenoxy) is 1. The minimum absolute atomic E-state index is 0.0454. The number of rotatable bonds is 5. The molecule has 2 aromatic carbocycles. The minimum atomic E-state index is -0.533. The van der Waals surface area contributed by atoms with E-state index in [-0.39, 0.29) is 11.9 Å². The predicted octanol–water partition coefficient (Wildman–Crippen LogP) is 3.95. The van der Waals surface area contributed by atoms with Gasteiger partial charge >= 0.3 is 0 Å². The van der Waals surface area contributed by atoms with Gasteiger partial charge in [0.1, 0.15) is 5.75 Å². The van der Waals surface area contributed by atoms with Gasteiger partial charge in [-0.2, -0.15) is 0 Å². The minimum Gasteiger partial charge on any atom is -0.481 e. The van der Waals surface area contributed by atoms with Gasteiger partial charge in [0, 0.05) is 0 Å². The van der Waals surface area contributed by atoms with Crippen molar-refractivity contribution in [2.45, 2.75) is 39.8 Å². The molecule has 0 saturated carbocycles. The number of carbonyl (C=O) groups excluding carboxylic acids is 1. The second kappa shape index (κ2) is 7.12. The zero-order valence-electron chi connectivity index (χ0n) is 13.6. The van der Waals surface area contributed by atoms with Crippen molar-refractivity contribution < 1.29 is 9.53 Å². The Kier molecular flexibility index (Phi) is 5.21. The molecule has 0 bridgehead atoms. The van der Waals surface area contributed by atoms with Gasteiger partial charge in [0.2, 0.25) is 0 Å². The standard InChI is InChI=1S/C19H23NO2/c1-13-9-11-17(12-10-13)15(3)20-19(21)16(4)22-18-8-6-5-7-14(18)2/h5-12,15-16H,1-4H3,(H,20,21)/t15-,16+/m0/s1. The molecule has 0 spiro atoms. The molecule has 0 aliphatic rings. The highest BCUT2D eigenvalue weighted by Crippen LogP contribution is 2.18. The number of hydrogen-bond donors (Lipinski definition) is 1. The van der Waals surface area contributed by atoms with E-state index in [1.54, 1.807) is 6.92 Å². The maximum atomic E-state index is 12.3. The SMILES string of the molecule is Cc1ccc([C@H](C)NC(=O)[C@@H](C)Oc2ccccc2C)cc1. The number of aryl methyl sites for hydroxylation is 2. The molecule has 0 fully saturated rings. The molecule has 0 radical (unpaired) electrons. The fraction of sp³-hybridized carbons (Fsp3) is 0.316. The molecule has 2 aromatic rings. The van der Waals surface area contributed by atoms with Gasteiger partial charge in [-0.1, -0.05) is 48.0 Å². The first-order valence-electron chi connectivity index (χ1n) is 7.56. The number of benzene rings is 2. The number of nitrogens with one attached hydrogen (secondary N) is 1. The molecular formula is C19H23NO2. The predicted molar refractivity (Wildman–Crippen MR) is 89.0 cm³/mol. The van der Waals surface area contributed by atoms with Crippen LogP contribution in [-0.4, -0.2) is 12.0 Å². The molecule has 0 aliphatic carbocycles. The van der Waals surface area contributed by atoms with Crippen molar-refractivity contribution in [2.75, 3.05) is 0 Å². The fourth-order valence-electron chi connectivity index (χ4n) is 2.20. The Labute approximate surface area is 132 Å². The van der Waals surface area contributed by atoms with E-state index in [1.165, 1.54) is 5.56 Å². The Bertz CT molecular complexity index is 634. The molecule has 116 valence electrons. The molecule has 0 heterocycles. The first-order valence-corrected chi connectivity index (χ1v) is 7.56. The average Bonchev–Trinajstić information content (AvgIpc) is 2.50. The van der Waals surface area contributed by atoms with Gasteiger partial charge < -0.3 is 10.1 Å². The monoisotopic (exact) mass is 297 g/mol. The molecule has 3 nitrogen and oxygen atoms in total. The van der Waals surface area contributed by atoms with E-state index in [4.69, 9.17) is 4.74 Å². The average molecular weight is 297 g/mol. The summed E-state index contributed by atoms with van der Waals surface area (Å²) in [6.45, 7) is 7.76. The number of carbonyl (C=O) groups is 1. The first kappa shape index (κ1) is 16.1. The van der Waals surface area contributed by atoms with Crippen molar-refractivity contribution in [3.8, 4) is 5.75 Å². The van der Waals surface area contributed by atoms with Crippen LogP contribution in [0.1, 0.15) is 36.6 Å². The lowest BCUT2D eigenvalue weighted by Crippen LogP contribution is -2.37. The highest BCUT2D eigenvalue weighted by molar-refractivity contribution is 5.81. The Hall–Kier alpha value is -2.29. The summed E-state index contributed by atoms with van der Waals surface area (Å²) in [7, 11) is 0. The number of para-hydroxylation sites is 1. The molecule has 0 aromatic heterocycles. The molecule has 0 saturated heterocycles. The normalized spacial score (nSPS) is 13.3. The van der Waals surface area contributed by atoms with Crippen LogP contribution >= 0.6 is 0 Å². The van der Waals surface area contributed by atoms with Crippen LogP contribution in [0.15, 0.2) is 48.5 Å². The smallest absolute Gasteiger partial charge is 0.261 e. The zero-order valence-corrected chi connectivity index (χ0v) is 13.6. The van der Waals surface area contributed by atoms with Crippen LogP contribution in [-0.2, 0) is 4.79 Å². The van der Waals surface area contributed by atoms with Crippen molar-refractivity contribution in [3.05, 3.63) is 65.2 Å². The van der Waals surface area contributed by atoms with Gasteiger partial charge in [-0.25, -0.2) is 0 Å². The third-order valence-corrected chi connectivity index (χ3v) is 3.70. The lowest BCUT2D eigenvalue weighted by atomic mass is 10.1. The van der Waals surface area contributed by atoms with Gasteiger partial charge in [0.15, 0.2) is 6.10 Å². The summed E-state index contributed by atoms with van der Waals surface area (Å²) in [5, 5.41) is 2.99. The molecular weight excluding hydrogens is 274 g/mol. The number of amides is 1. The van der Waals surface area contributed by atoms with Crippen molar-refractivity contribution in [2.24, 2.45) is 0 Å². The van der Waals surface area contributed by atoms with Crippen LogP contribution in [0.25, 0.3) is 0 Å². The summed E-state index contributed by atoms with van der Waals surface area (Å²) in [5.41, 5.74) is 3.31. The lowest BCUT2D eigenvalue weighted by molar-refractivity contribution is -0.127. The molecule has 2 atom stereocenters. The van der Waals surface area contributed by atoms with Crippen molar-refractivity contribution in [1.82, 2.24) is 5.32 Å². The fourth-order valence-corrected chi connectivity index (χ4v) is 2.20. The molecule has 3 heteroatoms. The first-order chi connectivity index (χ1) is 10.5. The largest absolute Gasteiger partial charge is 0.481 e. The number of hydrogen-bond acceptors (Lipinski definition) is 2. The Balaban J connectivity index is 1.96. The summed E-state index contributed by atoms with van der Waals surface area (Å²) in [5.74, 6) is 0.629. The quantitative estimate of drug-likeness (QED) is 0.907. The highest BCUT2D eigenvalue weighted by atomic mass is 16.5. The van der Waals surface area contributed by atoms with E-state index >= 15 is 0 Å². The Morgan fingerprint density at radius 2 is 1.64 bits per heavy atom. The van der Waals surface area contributed by atoms with Crippen LogP contribution in [0.5, 0.6) is 5.75 Å². The molecule has 0 aliphatic heterocycles. The van der Waals surface area contributed by atoms with Crippen LogP contribution in [0.2, 0.25) is 0 Å².